The molecule has 1 aliphatic heterocycles. The van der Waals surface area contributed by atoms with Crippen molar-refractivity contribution in [1.82, 2.24) is 19.4 Å². The number of hydrogen-bond acceptors (Lipinski definition) is 7. The van der Waals surface area contributed by atoms with E-state index in [1.54, 1.807) is 10.8 Å². The largest absolute Gasteiger partial charge is 0.416 e. The summed E-state index contributed by atoms with van der Waals surface area (Å²) in [4.78, 5) is 24.1. The Morgan fingerprint density at radius 1 is 1.21 bits per heavy atom. The van der Waals surface area contributed by atoms with Crippen molar-refractivity contribution in [3.8, 4) is 6.07 Å². The number of nitriles is 1. The molecule has 1 aromatic carbocycles. The second-order valence-electron chi connectivity index (χ2n) is 10.2. The van der Waals surface area contributed by atoms with Crippen molar-refractivity contribution in [2.45, 2.75) is 56.6 Å². The highest BCUT2D eigenvalue weighted by atomic mass is 19.4. The van der Waals surface area contributed by atoms with Crippen LogP contribution >= 0.6 is 0 Å². The summed E-state index contributed by atoms with van der Waals surface area (Å²) in [7, 11) is 0. The lowest BCUT2D eigenvalue weighted by atomic mass is 9.91. The quantitative estimate of drug-likeness (QED) is 0.462. The normalized spacial score (nSPS) is 17.9. The second-order valence-corrected chi connectivity index (χ2v) is 10.2. The molecule has 2 fully saturated rings. The maximum Gasteiger partial charge on any atom is 0.416 e. The number of amides is 1. The zero-order valence-electron chi connectivity index (χ0n) is 20.7. The number of carbonyl (C=O) groups is 1. The number of hydrogen-bond donors (Lipinski definition) is 2. The van der Waals surface area contributed by atoms with Crippen molar-refractivity contribution in [2.75, 3.05) is 24.5 Å². The molecule has 200 valence electrons. The number of benzene rings is 1. The van der Waals surface area contributed by atoms with Gasteiger partial charge in [-0.1, -0.05) is 12.1 Å². The molecule has 3 aromatic rings. The van der Waals surface area contributed by atoms with Gasteiger partial charge in [0, 0.05) is 31.9 Å². The molecule has 3 N–H and O–H groups in total. The second kappa shape index (κ2) is 9.89. The predicted octanol–water partition coefficient (Wildman–Crippen LogP) is 2.80. The highest BCUT2D eigenvalue weighted by Gasteiger charge is 2.36. The number of halogens is 3. The van der Waals surface area contributed by atoms with E-state index in [1.807, 2.05) is 9.80 Å². The van der Waals surface area contributed by atoms with E-state index in [0.29, 0.717) is 60.5 Å². The molecule has 0 unspecified atom stereocenters. The minimum absolute atomic E-state index is 0.146. The fourth-order valence-electron chi connectivity index (χ4n) is 5.11. The highest BCUT2D eigenvalue weighted by molar-refractivity contribution is 5.93. The maximum atomic E-state index is 13.0. The number of nitrogens with zero attached hydrogens (tertiary/aromatic N) is 6. The predicted molar refractivity (Wildman–Crippen MR) is 133 cm³/mol. The Bertz CT molecular complexity index is 1370. The van der Waals surface area contributed by atoms with E-state index in [2.05, 4.69) is 16.0 Å². The number of piperidine rings is 1. The third-order valence-corrected chi connectivity index (χ3v) is 7.28. The van der Waals surface area contributed by atoms with Gasteiger partial charge in [-0.15, -0.1) is 0 Å². The Kier molecular flexibility index (Phi) is 6.75. The number of primary amides is 1. The molecule has 1 amide bonds. The Labute approximate surface area is 217 Å². The summed E-state index contributed by atoms with van der Waals surface area (Å²) >= 11 is 0. The highest BCUT2D eigenvalue weighted by Crippen LogP contribution is 2.38. The molecule has 0 atom stereocenters. The number of anilines is 1. The van der Waals surface area contributed by atoms with Crippen LogP contribution in [0.15, 0.2) is 36.8 Å². The SMILES string of the molecule is N#Cc1cn(CC2(O)CCN(CC(N)=O)CC2)c2ncnc(N(Cc3ccc(C(F)(F)F)cc3)C3CC3)c12. The van der Waals surface area contributed by atoms with Crippen LogP contribution in [0.1, 0.15) is 42.4 Å². The molecule has 0 spiro atoms. The number of nitrogens with two attached hydrogens (primary N) is 1. The molecule has 3 heterocycles. The van der Waals surface area contributed by atoms with Crippen molar-refractivity contribution >= 4 is 22.8 Å². The molecule has 2 aromatic heterocycles. The number of carbonyl (C=O) groups excluding carboxylic acids is 1. The van der Waals surface area contributed by atoms with Crippen LogP contribution in [0.5, 0.6) is 0 Å². The maximum absolute atomic E-state index is 13.0. The first kappa shape index (κ1) is 25.9. The molecule has 9 nitrogen and oxygen atoms in total. The molecule has 0 radical (unpaired) electrons. The van der Waals surface area contributed by atoms with Gasteiger partial charge in [-0.3, -0.25) is 9.69 Å². The van der Waals surface area contributed by atoms with Crippen molar-refractivity contribution in [2.24, 2.45) is 5.73 Å². The minimum Gasteiger partial charge on any atom is -0.388 e. The average Bonchev–Trinajstić information content (AvgIpc) is 3.65. The van der Waals surface area contributed by atoms with Gasteiger partial charge in [0.05, 0.1) is 35.2 Å². The first-order valence-corrected chi connectivity index (χ1v) is 12.5. The lowest BCUT2D eigenvalue weighted by Gasteiger charge is -2.38. The molecule has 0 bridgehead atoms. The van der Waals surface area contributed by atoms with E-state index in [0.717, 1.165) is 25.0 Å². The summed E-state index contributed by atoms with van der Waals surface area (Å²) in [6.07, 6.45) is 1.37. The van der Waals surface area contributed by atoms with Gasteiger partial charge >= 0.3 is 6.18 Å². The first-order valence-electron chi connectivity index (χ1n) is 12.5. The van der Waals surface area contributed by atoms with Gasteiger partial charge in [0.1, 0.15) is 23.9 Å². The van der Waals surface area contributed by atoms with E-state index in [4.69, 9.17) is 5.73 Å². The van der Waals surface area contributed by atoms with E-state index < -0.39 is 23.2 Å². The molecule has 5 rings (SSSR count). The number of fused-ring (bicyclic) bond motifs is 1. The summed E-state index contributed by atoms with van der Waals surface area (Å²) in [6.45, 7) is 1.74. The van der Waals surface area contributed by atoms with Crippen LogP contribution in [-0.2, 0) is 24.1 Å². The third kappa shape index (κ3) is 5.44. The third-order valence-electron chi connectivity index (χ3n) is 7.28. The number of aliphatic hydroxyl groups is 1. The van der Waals surface area contributed by atoms with Crippen LogP contribution in [0, 0.1) is 11.3 Å². The minimum atomic E-state index is -4.40. The lowest BCUT2D eigenvalue weighted by Crippen LogP contribution is -2.48. The molecule has 1 saturated heterocycles. The van der Waals surface area contributed by atoms with Crippen LogP contribution in [0.25, 0.3) is 11.0 Å². The molecule has 2 aliphatic rings. The van der Waals surface area contributed by atoms with Crippen LogP contribution < -0.4 is 10.6 Å². The molecular formula is C26H28F3N7O2. The van der Waals surface area contributed by atoms with Crippen molar-refractivity contribution in [3.05, 3.63) is 53.5 Å². The average molecular weight is 528 g/mol. The Morgan fingerprint density at radius 2 is 1.89 bits per heavy atom. The smallest absolute Gasteiger partial charge is 0.388 e. The Balaban J connectivity index is 1.43. The Morgan fingerprint density at radius 3 is 2.47 bits per heavy atom. The van der Waals surface area contributed by atoms with Gasteiger partial charge in [0.2, 0.25) is 5.91 Å². The lowest BCUT2D eigenvalue weighted by molar-refractivity contribution is -0.137. The van der Waals surface area contributed by atoms with Crippen LogP contribution in [0.2, 0.25) is 0 Å². The van der Waals surface area contributed by atoms with Gasteiger partial charge in [-0.2, -0.15) is 18.4 Å². The molecule has 12 heteroatoms. The van der Waals surface area contributed by atoms with Gasteiger partial charge in [-0.25, -0.2) is 9.97 Å². The van der Waals surface area contributed by atoms with E-state index in [9.17, 15) is 28.3 Å². The van der Waals surface area contributed by atoms with Crippen LogP contribution in [-0.4, -0.2) is 61.7 Å². The Hall–Kier alpha value is -3.69. The summed E-state index contributed by atoms with van der Waals surface area (Å²) in [5, 5.41) is 21.8. The van der Waals surface area contributed by atoms with Crippen LogP contribution in [0.4, 0.5) is 19.0 Å². The van der Waals surface area contributed by atoms with Crippen molar-refractivity contribution in [3.63, 3.8) is 0 Å². The molecule has 1 saturated carbocycles. The molecule has 38 heavy (non-hydrogen) atoms. The van der Waals surface area contributed by atoms with Crippen LogP contribution in [0.3, 0.4) is 0 Å². The summed E-state index contributed by atoms with van der Waals surface area (Å²) in [6, 6.07) is 7.45. The van der Waals surface area contributed by atoms with Gasteiger partial charge in [0.15, 0.2) is 0 Å². The zero-order chi connectivity index (χ0) is 27.1. The van der Waals surface area contributed by atoms with E-state index >= 15 is 0 Å². The summed E-state index contributed by atoms with van der Waals surface area (Å²) in [5.74, 6) is 0.141. The summed E-state index contributed by atoms with van der Waals surface area (Å²) in [5.41, 5.74) is 5.12. The first-order chi connectivity index (χ1) is 18.1. The number of alkyl halides is 3. The van der Waals surface area contributed by atoms with E-state index in [1.165, 1.54) is 18.5 Å². The number of rotatable bonds is 8. The van der Waals surface area contributed by atoms with E-state index in [-0.39, 0.29) is 19.1 Å². The monoisotopic (exact) mass is 527 g/mol. The fourth-order valence-corrected chi connectivity index (χ4v) is 5.11. The summed E-state index contributed by atoms with van der Waals surface area (Å²) < 4.78 is 40.8. The zero-order valence-corrected chi connectivity index (χ0v) is 20.7. The van der Waals surface area contributed by atoms with Crippen molar-refractivity contribution < 1.29 is 23.1 Å². The van der Waals surface area contributed by atoms with Gasteiger partial charge in [-0.05, 0) is 43.4 Å². The number of aromatic nitrogens is 3. The van der Waals surface area contributed by atoms with Crippen molar-refractivity contribution in [1.29, 1.82) is 5.26 Å². The topological polar surface area (TPSA) is 124 Å². The van der Waals surface area contributed by atoms with Gasteiger partial charge < -0.3 is 20.3 Å². The standard InChI is InChI=1S/C26H28F3N7O2/c27-26(28,29)19-3-1-17(2-4-19)12-36(20-5-6-20)24-22-18(11-30)13-35(23(22)32-16-33-24)15-25(38)7-9-34(10-8-25)14-21(31)37/h1-4,13,16,20,38H,5-10,12,14-15H2,(H2,31,37). The molecule has 1 aliphatic carbocycles. The fraction of sp³-hybridized carbons (Fsp3) is 0.462. The number of likely N-dealkylation sites (tertiary alicyclic amines) is 1. The molecular weight excluding hydrogens is 499 g/mol. The van der Waals surface area contributed by atoms with Gasteiger partial charge in [0.25, 0.3) is 0 Å².